The highest BCUT2D eigenvalue weighted by molar-refractivity contribution is 8.04. The number of aromatic nitrogens is 2. The molecular formula is C18H26Cl3N5OS. The van der Waals surface area contributed by atoms with Gasteiger partial charge in [0.1, 0.15) is 5.65 Å². The second kappa shape index (κ2) is 11.9. The molecule has 28 heavy (non-hydrogen) atoms. The summed E-state index contributed by atoms with van der Waals surface area (Å²) in [6, 6.07) is 1.97. The molecule has 1 fully saturated rings. The molecule has 1 amide bonds. The van der Waals surface area contributed by atoms with Crippen LogP contribution in [0, 0.1) is 0 Å². The van der Waals surface area contributed by atoms with Gasteiger partial charge in [0, 0.05) is 47.9 Å². The van der Waals surface area contributed by atoms with Crippen molar-refractivity contribution in [3.8, 4) is 0 Å². The fourth-order valence-corrected chi connectivity index (χ4v) is 4.40. The number of nitrogens with one attached hydrogen (secondary N) is 3. The standard InChI is InChI=1S/C18H23N5OS.3ClH/c24-18(21-5-2-9-23-8-1-4-19-7-10-23)15-11-13-12-22-17-16(13)14(25-15)3-6-20-17;;;/h3,6,11-12,19H,1-2,4-5,7-10H2,(H,20,22)(H,21,24);3*1H. The van der Waals surface area contributed by atoms with Crippen molar-refractivity contribution in [3.63, 3.8) is 0 Å². The van der Waals surface area contributed by atoms with Gasteiger partial charge in [0.2, 0.25) is 0 Å². The van der Waals surface area contributed by atoms with Gasteiger partial charge in [-0.15, -0.1) is 37.2 Å². The van der Waals surface area contributed by atoms with E-state index in [4.69, 9.17) is 0 Å². The smallest absolute Gasteiger partial charge is 0.258 e. The van der Waals surface area contributed by atoms with Crippen LogP contribution < -0.4 is 10.6 Å². The van der Waals surface area contributed by atoms with Gasteiger partial charge < -0.3 is 20.5 Å². The van der Waals surface area contributed by atoms with Gasteiger partial charge in [0.25, 0.3) is 5.91 Å². The molecule has 4 rings (SSSR count). The average Bonchev–Trinajstić information content (AvgIpc) is 2.88. The first-order valence-electron chi connectivity index (χ1n) is 8.88. The van der Waals surface area contributed by atoms with Crippen molar-refractivity contribution in [2.75, 3.05) is 39.3 Å². The first-order chi connectivity index (χ1) is 12.3. The number of halogens is 3. The molecule has 0 aromatic carbocycles. The number of hydrogen-bond acceptors (Lipinski definition) is 5. The minimum atomic E-state index is 0. The number of aromatic amines is 1. The van der Waals surface area contributed by atoms with Crippen LogP contribution >= 0.6 is 49.0 Å². The predicted octanol–water partition coefficient (Wildman–Crippen LogP) is 3.08. The normalized spacial score (nSPS) is 16.1. The van der Waals surface area contributed by atoms with Gasteiger partial charge in [-0.1, -0.05) is 11.8 Å². The number of amides is 1. The Morgan fingerprint density at radius 3 is 2.96 bits per heavy atom. The number of carbonyl (C=O) groups is 1. The summed E-state index contributed by atoms with van der Waals surface area (Å²) in [6.45, 7) is 6.18. The van der Waals surface area contributed by atoms with Crippen molar-refractivity contribution in [3.05, 3.63) is 28.9 Å². The summed E-state index contributed by atoms with van der Waals surface area (Å²) < 4.78 is 0. The van der Waals surface area contributed by atoms with Crippen LogP contribution in [0.5, 0.6) is 0 Å². The van der Waals surface area contributed by atoms with E-state index in [1.165, 1.54) is 18.2 Å². The van der Waals surface area contributed by atoms with Gasteiger partial charge in [-0.3, -0.25) is 4.79 Å². The van der Waals surface area contributed by atoms with Crippen molar-refractivity contribution in [2.24, 2.45) is 0 Å². The minimum Gasteiger partial charge on any atom is -0.352 e. The zero-order valence-electron chi connectivity index (χ0n) is 15.4. The molecule has 1 saturated heterocycles. The van der Waals surface area contributed by atoms with Crippen LogP contribution in [0.3, 0.4) is 0 Å². The summed E-state index contributed by atoms with van der Waals surface area (Å²) in [4.78, 5) is 24.3. The molecule has 10 heteroatoms. The summed E-state index contributed by atoms with van der Waals surface area (Å²) in [6.07, 6.45) is 7.84. The van der Waals surface area contributed by atoms with Crippen molar-refractivity contribution in [1.82, 2.24) is 25.5 Å². The van der Waals surface area contributed by atoms with Crippen molar-refractivity contribution < 1.29 is 4.79 Å². The SMILES string of the molecule is Cl.Cl.Cl.O=C(NCCCN1CCCNCC1)C1=Cc2c[nH]c3nccc(c23)S1. The second-order valence-corrected chi connectivity index (χ2v) is 7.53. The highest BCUT2D eigenvalue weighted by atomic mass is 35.5. The van der Waals surface area contributed by atoms with E-state index in [0.717, 1.165) is 65.5 Å². The first kappa shape index (κ1) is 25.1. The van der Waals surface area contributed by atoms with E-state index < -0.39 is 0 Å². The first-order valence-corrected chi connectivity index (χ1v) is 9.70. The zero-order valence-corrected chi connectivity index (χ0v) is 18.7. The minimum absolute atomic E-state index is 0. The Labute approximate surface area is 187 Å². The number of carbonyl (C=O) groups excluding carboxylic acids is 1. The Morgan fingerprint density at radius 2 is 2.11 bits per heavy atom. The Balaban J connectivity index is 0.00000131. The molecule has 4 heterocycles. The Kier molecular flexibility index (Phi) is 10.7. The van der Waals surface area contributed by atoms with Crippen LogP contribution in [0.4, 0.5) is 0 Å². The van der Waals surface area contributed by atoms with E-state index in [0.29, 0.717) is 6.54 Å². The summed E-state index contributed by atoms with van der Waals surface area (Å²) in [5, 5.41) is 7.59. The molecular weight excluding hydrogens is 441 g/mol. The van der Waals surface area contributed by atoms with E-state index >= 15 is 0 Å². The number of hydrogen-bond donors (Lipinski definition) is 3. The molecule has 2 aliphatic heterocycles. The van der Waals surface area contributed by atoms with E-state index in [-0.39, 0.29) is 43.1 Å². The van der Waals surface area contributed by atoms with Gasteiger partial charge in [-0.2, -0.15) is 0 Å². The number of H-pyrrole nitrogens is 1. The van der Waals surface area contributed by atoms with Crippen molar-refractivity contribution in [1.29, 1.82) is 0 Å². The highest BCUT2D eigenvalue weighted by Crippen LogP contribution is 2.39. The maximum absolute atomic E-state index is 12.5. The third-order valence-corrected chi connectivity index (χ3v) is 5.75. The van der Waals surface area contributed by atoms with Crippen molar-refractivity contribution in [2.45, 2.75) is 17.7 Å². The van der Waals surface area contributed by atoms with Crippen LogP contribution in [-0.2, 0) is 4.79 Å². The fraction of sp³-hybridized carbons (Fsp3) is 0.444. The lowest BCUT2D eigenvalue weighted by atomic mass is 10.2. The zero-order chi connectivity index (χ0) is 17.1. The molecule has 156 valence electrons. The van der Waals surface area contributed by atoms with E-state index in [2.05, 4.69) is 25.5 Å². The van der Waals surface area contributed by atoms with E-state index in [9.17, 15) is 4.79 Å². The lowest BCUT2D eigenvalue weighted by Crippen LogP contribution is -2.32. The van der Waals surface area contributed by atoms with E-state index in [1.54, 1.807) is 6.20 Å². The fourth-order valence-electron chi connectivity index (χ4n) is 3.37. The van der Waals surface area contributed by atoms with Crippen LogP contribution in [0.15, 0.2) is 28.3 Å². The third kappa shape index (κ3) is 5.78. The molecule has 2 aromatic rings. The summed E-state index contributed by atoms with van der Waals surface area (Å²) in [5.74, 6) is 0.0133. The number of thioether (sulfide) groups is 1. The number of pyridine rings is 1. The van der Waals surface area contributed by atoms with Crippen LogP contribution in [0.2, 0.25) is 0 Å². The molecule has 0 aliphatic carbocycles. The lowest BCUT2D eigenvalue weighted by molar-refractivity contribution is -0.116. The van der Waals surface area contributed by atoms with Crippen LogP contribution in [-0.4, -0.2) is 60.0 Å². The molecule has 2 aliphatic rings. The molecule has 6 nitrogen and oxygen atoms in total. The highest BCUT2D eigenvalue weighted by Gasteiger charge is 2.20. The third-order valence-electron chi connectivity index (χ3n) is 4.67. The number of rotatable bonds is 5. The quantitative estimate of drug-likeness (QED) is 0.591. The average molecular weight is 467 g/mol. The summed E-state index contributed by atoms with van der Waals surface area (Å²) in [5.41, 5.74) is 1.92. The topological polar surface area (TPSA) is 73.1 Å². The molecule has 0 atom stereocenters. The molecule has 0 radical (unpaired) electrons. The Morgan fingerprint density at radius 1 is 1.25 bits per heavy atom. The molecule has 3 N–H and O–H groups in total. The van der Waals surface area contributed by atoms with Gasteiger partial charge in [-0.25, -0.2) is 4.98 Å². The molecule has 0 bridgehead atoms. The predicted molar refractivity (Wildman–Crippen MR) is 123 cm³/mol. The van der Waals surface area contributed by atoms with Gasteiger partial charge in [-0.05, 0) is 44.6 Å². The van der Waals surface area contributed by atoms with Crippen molar-refractivity contribution >= 4 is 72.0 Å². The molecule has 0 unspecified atom stereocenters. The largest absolute Gasteiger partial charge is 0.352 e. The molecule has 0 saturated carbocycles. The monoisotopic (exact) mass is 465 g/mol. The summed E-state index contributed by atoms with van der Waals surface area (Å²) in [7, 11) is 0. The van der Waals surface area contributed by atoms with Gasteiger partial charge >= 0.3 is 0 Å². The van der Waals surface area contributed by atoms with Crippen LogP contribution in [0.25, 0.3) is 17.1 Å². The van der Waals surface area contributed by atoms with Gasteiger partial charge in [0.05, 0.1) is 4.91 Å². The summed E-state index contributed by atoms with van der Waals surface area (Å²) >= 11 is 1.52. The van der Waals surface area contributed by atoms with Crippen LogP contribution in [0.1, 0.15) is 18.4 Å². The lowest BCUT2D eigenvalue weighted by Gasteiger charge is -2.19. The maximum atomic E-state index is 12.5. The van der Waals surface area contributed by atoms with Gasteiger partial charge in [0.15, 0.2) is 0 Å². The molecule has 0 spiro atoms. The van der Waals surface area contributed by atoms with E-state index in [1.807, 2.05) is 18.3 Å². The Hall–Kier alpha value is -0.960. The maximum Gasteiger partial charge on any atom is 0.258 e. The second-order valence-electron chi connectivity index (χ2n) is 6.44. The molecule has 2 aromatic heterocycles. The number of nitrogens with zero attached hydrogens (tertiary/aromatic N) is 2. The Bertz CT molecular complexity index is 806.